The number of likely N-dealkylation sites (N-methyl/N-ethyl adjacent to an activating group) is 1. The molecule has 1 amide bonds. The first-order chi connectivity index (χ1) is 14.0. The van der Waals surface area contributed by atoms with Crippen molar-refractivity contribution in [1.29, 1.82) is 0 Å². The minimum Gasteiger partial charge on any atom is -0.486 e. The van der Waals surface area contributed by atoms with Gasteiger partial charge in [-0.2, -0.15) is 0 Å². The minimum absolute atomic E-state index is 0.0357. The van der Waals surface area contributed by atoms with Gasteiger partial charge in [0, 0.05) is 12.6 Å². The first-order valence-corrected chi connectivity index (χ1v) is 9.70. The summed E-state index contributed by atoms with van der Waals surface area (Å²) in [4.78, 5) is 26.0. The summed E-state index contributed by atoms with van der Waals surface area (Å²) >= 11 is 0. The maximum Gasteiger partial charge on any atom is 0.286 e. The van der Waals surface area contributed by atoms with E-state index in [1.807, 2.05) is 30.3 Å². The van der Waals surface area contributed by atoms with Crippen molar-refractivity contribution in [2.75, 3.05) is 32.8 Å². The molecule has 0 fully saturated rings. The molecule has 0 aliphatic carbocycles. The Bertz CT molecular complexity index is 868. The average Bonchev–Trinajstić information content (AvgIpc) is 2.76. The van der Waals surface area contributed by atoms with Gasteiger partial charge in [0.25, 0.3) is 11.6 Å². The molecule has 1 heterocycles. The van der Waals surface area contributed by atoms with E-state index in [9.17, 15) is 14.9 Å². The smallest absolute Gasteiger partial charge is 0.286 e. The molecule has 1 N–H and O–H groups in total. The zero-order valence-corrected chi connectivity index (χ0v) is 16.6. The molecule has 2 aromatic rings. The van der Waals surface area contributed by atoms with Gasteiger partial charge in [-0.05, 0) is 18.7 Å². The minimum atomic E-state index is -0.577. The van der Waals surface area contributed by atoms with E-state index in [0.717, 1.165) is 18.7 Å². The van der Waals surface area contributed by atoms with Crippen LogP contribution in [0.2, 0.25) is 0 Å². The molecule has 2 aromatic carbocycles. The van der Waals surface area contributed by atoms with Crippen molar-refractivity contribution in [3.8, 4) is 11.5 Å². The number of nitrogens with one attached hydrogen (secondary N) is 1. The monoisotopic (exact) mass is 399 g/mol. The van der Waals surface area contributed by atoms with Crippen LogP contribution < -0.4 is 14.8 Å². The fourth-order valence-electron chi connectivity index (χ4n) is 3.49. The van der Waals surface area contributed by atoms with Crippen molar-refractivity contribution in [3.63, 3.8) is 0 Å². The summed E-state index contributed by atoms with van der Waals surface area (Å²) in [6.07, 6.45) is 0. The first kappa shape index (κ1) is 20.6. The van der Waals surface area contributed by atoms with Crippen LogP contribution in [0.5, 0.6) is 11.5 Å². The third kappa shape index (κ3) is 4.65. The van der Waals surface area contributed by atoms with Gasteiger partial charge in [0.05, 0.1) is 17.0 Å². The van der Waals surface area contributed by atoms with Gasteiger partial charge in [-0.1, -0.05) is 44.2 Å². The lowest BCUT2D eigenvalue weighted by Crippen LogP contribution is -2.38. The van der Waals surface area contributed by atoms with Crippen molar-refractivity contribution in [1.82, 2.24) is 10.2 Å². The van der Waals surface area contributed by atoms with Crippen LogP contribution in [0, 0.1) is 10.1 Å². The number of nitro benzene ring substituents is 1. The van der Waals surface area contributed by atoms with Gasteiger partial charge in [0.1, 0.15) is 18.8 Å². The predicted octanol–water partition coefficient (Wildman–Crippen LogP) is 3.18. The Hall–Kier alpha value is -3.13. The third-order valence-corrected chi connectivity index (χ3v) is 5.00. The van der Waals surface area contributed by atoms with Crippen molar-refractivity contribution < 1.29 is 19.2 Å². The molecule has 0 bridgehead atoms. The molecule has 0 aromatic heterocycles. The molecule has 0 spiro atoms. The van der Waals surface area contributed by atoms with Crippen molar-refractivity contribution in [3.05, 3.63) is 63.7 Å². The Labute approximate surface area is 169 Å². The van der Waals surface area contributed by atoms with E-state index in [2.05, 4.69) is 24.1 Å². The lowest BCUT2D eigenvalue weighted by atomic mass is 10.0. The molecule has 8 heteroatoms. The zero-order chi connectivity index (χ0) is 20.8. The number of hydrogen-bond acceptors (Lipinski definition) is 6. The van der Waals surface area contributed by atoms with E-state index in [-0.39, 0.29) is 23.0 Å². The van der Waals surface area contributed by atoms with E-state index < -0.39 is 10.8 Å². The van der Waals surface area contributed by atoms with Crippen LogP contribution in [0.15, 0.2) is 42.5 Å². The second-order valence-electron chi connectivity index (χ2n) is 6.63. The zero-order valence-electron chi connectivity index (χ0n) is 16.6. The van der Waals surface area contributed by atoms with Gasteiger partial charge in [-0.3, -0.25) is 19.8 Å². The molecule has 0 radical (unpaired) electrons. The summed E-state index contributed by atoms with van der Waals surface area (Å²) in [6.45, 7) is 6.74. The summed E-state index contributed by atoms with van der Waals surface area (Å²) in [5.41, 5.74) is 0.740. The maximum atomic E-state index is 12.9. The predicted molar refractivity (Wildman–Crippen MR) is 109 cm³/mol. The van der Waals surface area contributed by atoms with Gasteiger partial charge in [-0.15, -0.1) is 0 Å². The van der Waals surface area contributed by atoms with E-state index in [1.54, 1.807) is 0 Å². The number of ether oxygens (including phenoxy) is 2. The number of nitrogens with zero attached hydrogens (tertiary/aromatic N) is 2. The number of hydrogen-bond donors (Lipinski definition) is 1. The van der Waals surface area contributed by atoms with Gasteiger partial charge in [0.15, 0.2) is 11.5 Å². The highest BCUT2D eigenvalue weighted by atomic mass is 16.6. The standard InChI is InChI=1S/C21H25N3O5/c1-3-23(4-2)18(15-8-6-5-7-9-15)14-22-21(25)16-12-19-20(29-11-10-28-19)13-17(16)24(26)27/h5-9,12-13,18H,3-4,10-11,14H2,1-2H3,(H,22,25). The Morgan fingerprint density at radius 3 is 2.34 bits per heavy atom. The molecular formula is C21H25N3O5. The molecule has 1 aliphatic heterocycles. The second kappa shape index (κ2) is 9.38. The quantitative estimate of drug-likeness (QED) is 0.541. The third-order valence-electron chi connectivity index (χ3n) is 5.00. The Morgan fingerprint density at radius 1 is 1.14 bits per heavy atom. The van der Waals surface area contributed by atoms with Crippen LogP contribution in [0.25, 0.3) is 0 Å². The first-order valence-electron chi connectivity index (χ1n) is 9.70. The molecule has 0 saturated heterocycles. The number of nitro groups is 1. The van der Waals surface area contributed by atoms with Gasteiger partial charge in [-0.25, -0.2) is 0 Å². The molecule has 1 atom stereocenters. The van der Waals surface area contributed by atoms with E-state index >= 15 is 0 Å². The Kier molecular flexibility index (Phi) is 6.66. The van der Waals surface area contributed by atoms with Gasteiger partial charge >= 0.3 is 0 Å². The molecule has 3 rings (SSSR count). The highest BCUT2D eigenvalue weighted by Gasteiger charge is 2.27. The maximum absolute atomic E-state index is 12.9. The lowest BCUT2D eigenvalue weighted by Gasteiger charge is -2.30. The summed E-state index contributed by atoms with van der Waals surface area (Å²) < 4.78 is 10.9. The molecular weight excluding hydrogens is 374 g/mol. The highest BCUT2D eigenvalue weighted by molar-refractivity contribution is 5.99. The molecule has 29 heavy (non-hydrogen) atoms. The molecule has 0 saturated carbocycles. The Morgan fingerprint density at radius 2 is 1.76 bits per heavy atom. The van der Waals surface area contributed by atoms with Crippen LogP contribution in [0.1, 0.15) is 35.8 Å². The Balaban J connectivity index is 1.84. The van der Waals surface area contributed by atoms with E-state index in [1.165, 1.54) is 12.1 Å². The lowest BCUT2D eigenvalue weighted by molar-refractivity contribution is -0.385. The van der Waals surface area contributed by atoms with Crippen LogP contribution >= 0.6 is 0 Å². The topological polar surface area (TPSA) is 93.9 Å². The van der Waals surface area contributed by atoms with Crippen molar-refractivity contribution in [2.45, 2.75) is 19.9 Å². The normalized spacial score (nSPS) is 13.8. The number of benzene rings is 2. The SMILES string of the molecule is CCN(CC)C(CNC(=O)c1cc2c(cc1[N+](=O)[O-])OCCO2)c1ccccc1. The largest absolute Gasteiger partial charge is 0.486 e. The molecule has 8 nitrogen and oxygen atoms in total. The van der Waals surface area contributed by atoms with Crippen LogP contribution in [0.3, 0.4) is 0 Å². The number of carbonyl (C=O) groups excluding carboxylic acids is 1. The van der Waals surface area contributed by atoms with E-state index in [4.69, 9.17) is 9.47 Å². The number of amides is 1. The average molecular weight is 399 g/mol. The van der Waals surface area contributed by atoms with Crippen molar-refractivity contribution >= 4 is 11.6 Å². The summed E-state index contributed by atoms with van der Waals surface area (Å²) in [7, 11) is 0. The highest BCUT2D eigenvalue weighted by Crippen LogP contribution is 2.36. The molecule has 154 valence electrons. The summed E-state index contributed by atoms with van der Waals surface area (Å²) in [5, 5.41) is 14.4. The van der Waals surface area contributed by atoms with Crippen LogP contribution in [-0.2, 0) is 0 Å². The van der Waals surface area contributed by atoms with Crippen molar-refractivity contribution in [2.24, 2.45) is 0 Å². The van der Waals surface area contributed by atoms with Crippen LogP contribution in [-0.4, -0.2) is 48.6 Å². The van der Waals surface area contributed by atoms with Crippen LogP contribution in [0.4, 0.5) is 5.69 Å². The fourth-order valence-corrected chi connectivity index (χ4v) is 3.49. The molecule has 1 aliphatic rings. The molecule has 1 unspecified atom stereocenters. The van der Waals surface area contributed by atoms with Gasteiger partial charge < -0.3 is 14.8 Å². The number of carbonyl (C=O) groups is 1. The number of fused-ring (bicyclic) bond motifs is 1. The van der Waals surface area contributed by atoms with E-state index in [0.29, 0.717) is 25.5 Å². The summed E-state index contributed by atoms with van der Waals surface area (Å²) in [5.74, 6) is 0.113. The summed E-state index contributed by atoms with van der Waals surface area (Å²) in [6, 6.07) is 12.5. The number of rotatable bonds is 8. The van der Waals surface area contributed by atoms with Gasteiger partial charge in [0.2, 0.25) is 0 Å². The second-order valence-corrected chi connectivity index (χ2v) is 6.63. The fraction of sp³-hybridized carbons (Fsp3) is 0.381.